The van der Waals surface area contributed by atoms with E-state index in [1.54, 1.807) is 24.8 Å². The van der Waals surface area contributed by atoms with E-state index in [1.807, 2.05) is 0 Å². The molecule has 1 atom stereocenters. The summed E-state index contributed by atoms with van der Waals surface area (Å²) < 4.78 is 5.08. The van der Waals surface area contributed by atoms with Crippen molar-refractivity contribution in [2.24, 2.45) is 0 Å². The third-order valence-electron chi connectivity index (χ3n) is 3.66. The highest BCUT2D eigenvalue weighted by molar-refractivity contribution is 5.98. The number of hydrogen-bond donors (Lipinski definition) is 1. The monoisotopic (exact) mass is 291 g/mol. The third-order valence-corrected chi connectivity index (χ3v) is 3.66. The Hall–Kier alpha value is -2.11. The molecule has 0 spiro atoms. The maximum Gasteiger partial charge on any atom is 0.328 e. The fourth-order valence-electron chi connectivity index (χ4n) is 2.58. The molecule has 6 heteroatoms. The number of nitrogens with zero attached hydrogens (tertiary/aromatic N) is 2. The molecule has 2 rings (SSSR count). The van der Waals surface area contributed by atoms with Crippen LogP contribution in [0.15, 0.2) is 12.3 Å². The molecule has 1 amide bonds. The second kappa shape index (κ2) is 6.56. The first kappa shape index (κ1) is 15.3. The van der Waals surface area contributed by atoms with E-state index in [2.05, 4.69) is 4.98 Å². The highest BCUT2D eigenvalue weighted by atomic mass is 16.5. The summed E-state index contributed by atoms with van der Waals surface area (Å²) in [5.74, 6) is -0.537. The molecule has 1 fully saturated rings. The zero-order valence-corrected chi connectivity index (χ0v) is 12.5. The first-order chi connectivity index (χ1) is 10.0. The number of pyridine rings is 1. The molecular weight excluding hydrogens is 270 g/mol. The van der Waals surface area contributed by atoms with Gasteiger partial charge < -0.3 is 15.4 Å². The quantitative estimate of drug-likeness (QED) is 0.854. The second-order valence-electron chi connectivity index (χ2n) is 5.16. The van der Waals surface area contributed by atoms with Gasteiger partial charge in [-0.05, 0) is 39.2 Å². The number of hydrogen-bond acceptors (Lipinski definition) is 5. The number of rotatable bonds is 3. The van der Waals surface area contributed by atoms with E-state index in [1.165, 1.54) is 6.20 Å². The highest BCUT2D eigenvalue weighted by Crippen LogP contribution is 2.22. The standard InChI is InChI=1S/C15H21N3O3/c1-3-21-15(20)13-6-4-5-7-18(13)14(19)12-8-11(16)9-17-10(12)2/h8-9,13H,3-7,16H2,1-2H3. The molecule has 6 nitrogen and oxygen atoms in total. The average Bonchev–Trinajstić information content (AvgIpc) is 2.49. The van der Waals surface area contributed by atoms with Gasteiger partial charge in [-0.2, -0.15) is 0 Å². The van der Waals surface area contributed by atoms with Gasteiger partial charge in [-0.3, -0.25) is 9.78 Å². The van der Waals surface area contributed by atoms with Crippen molar-refractivity contribution >= 4 is 17.6 Å². The maximum atomic E-state index is 12.7. The minimum atomic E-state index is -0.507. The van der Waals surface area contributed by atoms with Crippen LogP contribution in [0.5, 0.6) is 0 Å². The van der Waals surface area contributed by atoms with Crippen molar-refractivity contribution in [2.75, 3.05) is 18.9 Å². The number of esters is 1. The SMILES string of the molecule is CCOC(=O)C1CCCCN1C(=O)c1cc(N)cnc1C. The smallest absolute Gasteiger partial charge is 0.328 e. The zero-order valence-electron chi connectivity index (χ0n) is 12.5. The molecule has 21 heavy (non-hydrogen) atoms. The molecule has 1 aromatic rings. The van der Waals surface area contributed by atoms with Crippen molar-refractivity contribution in [1.82, 2.24) is 9.88 Å². The summed E-state index contributed by atoms with van der Waals surface area (Å²) in [5, 5.41) is 0. The summed E-state index contributed by atoms with van der Waals surface area (Å²) in [6, 6.07) is 1.11. The van der Waals surface area contributed by atoms with Gasteiger partial charge >= 0.3 is 5.97 Å². The number of carbonyl (C=O) groups is 2. The first-order valence-electron chi connectivity index (χ1n) is 7.24. The molecule has 0 bridgehead atoms. The lowest BCUT2D eigenvalue weighted by atomic mass is 10.0. The van der Waals surface area contributed by atoms with Crippen LogP contribution in [0.1, 0.15) is 42.2 Å². The lowest BCUT2D eigenvalue weighted by Crippen LogP contribution is -2.48. The van der Waals surface area contributed by atoms with E-state index in [-0.39, 0.29) is 11.9 Å². The second-order valence-corrected chi connectivity index (χ2v) is 5.16. The number of ether oxygens (including phenoxy) is 1. The van der Waals surface area contributed by atoms with Crippen LogP contribution < -0.4 is 5.73 Å². The Balaban J connectivity index is 2.26. The Labute approximate surface area is 124 Å². The van der Waals surface area contributed by atoms with Gasteiger partial charge in [0.15, 0.2) is 0 Å². The molecule has 1 aliphatic rings. The van der Waals surface area contributed by atoms with Gasteiger partial charge in [0.2, 0.25) is 0 Å². The van der Waals surface area contributed by atoms with Crippen LogP contribution in [0.3, 0.4) is 0 Å². The van der Waals surface area contributed by atoms with Crippen LogP contribution in [-0.4, -0.2) is 41.0 Å². The van der Waals surface area contributed by atoms with Crippen molar-refractivity contribution in [3.63, 3.8) is 0 Å². The predicted molar refractivity (Wildman–Crippen MR) is 78.7 cm³/mol. The summed E-state index contributed by atoms with van der Waals surface area (Å²) in [4.78, 5) is 30.5. The zero-order chi connectivity index (χ0) is 15.4. The predicted octanol–water partition coefficient (Wildman–Crippen LogP) is 1.53. The van der Waals surface area contributed by atoms with Crippen LogP contribution in [0.2, 0.25) is 0 Å². The van der Waals surface area contributed by atoms with Gasteiger partial charge in [-0.15, -0.1) is 0 Å². The molecule has 0 saturated carbocycles. The summed E-state index contributed by atoms with van der Waals surface area (Å²) in [6.45, 7) is 4.39. The van der Waals surface area contributed by atoms with Crippen molar-refractivity contribution in [1.29, 1.82) is 0 Å². The van der Waals surface area contributed by atoms with E-state index in [4.69, 9.17) is 10.5 Å². The number of nitrogens with two attached hydrogens (primary N) is 1. The van der Waals surface area contributed by atoms with Crippen molar-refractivity contribution in [3.05, 3.63) is 23.5 Å². The van der Waals surface area contributed by atoms with Crippen molar-refractivity contribution in [3.8, 4) is 0 Å². The number of anilines is 1. The first-order valence-corrected chi connectivity index (χ1v) is 7.24. The van der Waals surface area contributed by atoms with Gasteiger partial charge in [-0.1, -0.05) is 0 Å². The highest BCUT2D eigenvalue weighted by Gasteiger charge is 2.34. The van der Waals surface area contributed by atoms with Gasteiger partial charge in [0, 0.05) is 6.54 Å². The molecule has 114 valence electrons. The third kappa shape index (κ3) is 3.32. The molecule has 2 heterocycles. The van der Waals surface area contributed by atoms with E-state index < -0.39 is 6.04 Å². The van der Waals surface area contributed by atoms with Crippen molar-refractivity contribution in [2.45, 2.75) is 39.2 Å². The maximum absolute atomic E-state index is 12.7. The molecule has 1 unspecified atom stereocenters. The summed E-state index contributed by atoms with van der Waals surface area (Å²) >= 11 is 0. The van der Waals surface area contributed by atoms with E-state index >= 15 is 0 Å². The number of nitrogen functional groups attached to an aromatic ring is 1. The number of aryl methyl sites for hydroxylation is 1. The lowest BCUT2D eigenvalue weighted by molar-refractivity contribution is -0.149. The minimum Gasteiger partial charge on any atom is -0.464 e. The number of piperidine rings is 1. The molecule has 1 aromatic heterocycles. The van der Waals surface area contributed by atoms with Crippen LogP contribution in [0.4, 0.5) is 5.69 Å². The Morgan fingerprint density at radius 3 is 2.95 bits per heavy atom. The van der Waals surface area contributed by atoms with Gasteiger partial charge in [-0.25, -0.2) is 4.79 Å². The molecule has 0 aliphatic carbocycles. The molecule has 1 aliphatic heterocycles. The molecule has 0 aromatic carbocycles. The average molecular weight is 291 g/mol. The van der Waals surface area contributed by atoms with Gasteiger partial charge in [0.1, 0.15) is 6.04 Å². The topological polar surface area (TPSA) is 85.5 Å². The van der Waals surface area contributed by atoms with E-state index in [0.717, 1.165) is 12.8 Å². The summed E-state index contributed by atoms with van der Waals surface area (Å²) in [6.07, 6.45) is 3.96. The molecule has 1 saturated heterocycles. The molecule has 0 radical (unpaired) electrons. The van der Waals surface area contributed by atoms with Crippen molar-refractivity contribution < 1.29 is 14.3 Å². The number of amides is 1. The van der Waals surface area contributed by atoms with Crippen LogP contribution in [0, 0.1) is 6.92 Å². The van der Waals surface area contributed by atoms with Crippen LogP contribution >= 0.6 is 0 Å². The Kier molecular flexibility index (Phi) is 4.77. The largest absolute Gasteiger partial charge is 0.464 e. The number of aromatic nitrogens is 1. The molecule has 2 N–H and O–H groups in total. The van der Waals surface area contributed by atoms with Crippen LogP contribution in [-0.2, 0) is 9.53 Å². The molecular formula is C15H21N3O3. The summed E-state index contributed by atoms with van der Waals surface area (Å²) in [7, 11) is 0. The fraction of sp³-hybridized carbons (Fsp3) is 0.533. The Bertz CT molecular complexity index is 545. The van der Waals surface area contributed by atoms with E-state index in [0.29, 0.717) is 36.5 Å². The Morgan fingerprint density at radius 1 is 1.48 bits per heavy atom. The fourth-order valence-corrected chi connectivity index (χ4v) is 2.58. The van der Waals surface area contributed by atoms with Crippen LogP contribution in [0.25, 0.3) is 0 Å². The van der Waals surface area contributed by atoms with E-state index in [9.17, 15) is 9.59 Å². The minimum absolute atomic E-state index is 0.204. The normalized spacial score (nSPS) is 18.4. The Morgan fingerprint density at radius 2 is 2.24 bits per heavy atom. The van der Waals surface area contributed by atoms with Gasteiger partial charge in [0.05, 0.1) is 29.7 Å². The van der Waals surface area contributed by atoms with Gasteiger partial charge in [0.25, 0.3) is 5.91 Å². The number of likely N-dealkylation sites (tertiary alicyclic amines) is 1. The summed E-state index contributed by atoms with van der Waals surface area (Å²) in [5.41, 5.74) is 7.21. The number of carbonyl (C=O) groups excluding carboxylic acids is 2. The lowest BCUT2D eigenvalue weighted by Gasteiger charge is -2.34.